The quantitative estimate of drug-likeness (QED) is 0.710. The molecule has 0 spiro atoms. The first kappa shape index (κ1) is 18.8. The summed E-state index contributed by atoms with van der Waals surface area (Å²) in [5.41, 5.74) is 1.03. The van der Waals surface area contributed by atoms with Gasteiger partial charge < -0.3 is 14.2 Å². The molecule has 3 rings (SSSR count). The van der Waals surface area contributed by atoms with Gasteiger partial charge in [0.05, 0.1) is 25.5 Å². The van der Waals surface area contributed by atoms with Crippen molar-refractivity contribution in [3.8, 4) is 0 Å². The highest BCUT2D eigenvalue weighted by molar-refractivity contribution is 7.88. The van der Waals surface area contributed by atoms with E-state index < -0.39 is 40.5 Å². The number of nitrogens with one attached hydrogen (secondary N) is 2. The van der Waals surface area contributed by atoms with Gasteiger partial charge >= 0.3 is 6.09 Å². The predicted octanol–water partition coefficient (Wildman–Crippen LogP) is 0.522. The van der Waals surface area contributed by atoms with E-state index in [4.69, 9.17) is 14.2 Å². The number of benzene rings is 1. The Labute approximate surface area is 151 Å². The highest BCUT2D eigenvalue weighted by Crippen LogP contribution is 2.29. The number of sulfonamides is 1. The largest absolute Gasteiger partial charge is 0.441 e. The van der Waals surface area contributed by atoms with Crippen LogP contribution in [0.2, 0.25) is 0 Å². The topological polar surface area (TPSA) is 120 Å². The monoisotopic (exact) mass is 384 g/mol. The molecule has 4 atom stereocenters. The Morgan fingerprint density at radius 3 is 2.38 bits per heavy atom. The van der Waals surface area contributed by atoms with Crippen LogP contribution in [-0.4, -0.2) is 64.1 Å². The van der Waals surface area contributed by atoms with Gasteiger partial charge in [0, 0.05) is 11.3 Å². The van der Waals surface area contributed by atoms with Crippen LogP contribution in [0.15, 0.2) is 24.3 Å². The number of carbonyl (C=O) groups excluding carboxylic acids is 2. The number of ketones is 1. The van der Waals surface area contributed by atoms with Gasteiger partial charge in [-0.2, -0.15) is 0 Å². The zero-order chi connectivity index (χ0) is 18.9. The molecule has 2 saturated heterocycles. The Morgan fingerprint density at radius 1 is 1.12 bits per heavy atom. The van der Waals surface area contributed by atoms with E-state index in [9.17, 15) is 18.0 Å². The maximum absolute atomic E-state index is 12.1. The minimum Gasteiger partial charge on any atom is -0.441 e. The van der Waals surface area contributed by atoms with Crippen molar-refractivity contribution in [3.63, 3.8) is 0 Å². The molecule has 2 aliphatic rings. The Morgan fingerprint density at radius 2 is 1.77 bits per heavy atom. The first-order valence-corrected chi connectivity index (χ1v) is 9.91. The minimum absolute atomic E-state index is 0.0658. The molecule has 1 aromatic carbocycles. The summed E-state index contributed by atoms with van der Waals surface area (Å²) in [6.07, 6.45) is -1.29. The molecule has 0 unspecified atom stereocenters. The summed E-state index contributed by atoms with van der Waals surface area (Å²) in [6.45, 7) is 1.73. The SMILES string of the molecule is CC(=O)c1ccc(NC(=O)O[C@@H]2CO[C@H]3[C@@H]2OC[C@@H]3NS(C)(=O)=O)cc1. The van der Waals surface area contributed by atoms with E-state index in [1.54, 1.807) is 24.3 Å². The highest BCUT2D eigenvalue weighted by atomic mass is 32.2. The Hall–Kier alpha value is -2.01. The number of hydrogen-bond acceptors (Lipinski definition) is 7. The van der Waals surface area contributed by atoms with Gasteiger partial charge in [0.25, 0.3) is 0 Å². The zero-order valence-corrected chi connectivity index (χ0v) is 15.1. The number of rotatable bonds is 5. The van der Waals surface area contributed by atoms with Crippen molar-refractivity contribution < 1.29 is 32.2 Å². The van der Waals surface area contributed by atoms with Gasteiger partial charge in [-0.25, -0.2) is 17.9 Å². The summed E-state index contributed by atoms with van der Waals surface area (Å²) in [5, 5.41) is 2.57. The third-order valence-electron chi connectivity index (χ3n) is 4.17. The van der Waals surface area contributed by atoms with Gasteiger partial charge in [0.2, 0.25) is 10.0 Å². The van der Waals surface area contributed by atoms with Crippen LogP contribution in [0, 0.1) is 0 Å². The number of ether oxygens (including phenoxy) is 3. The molecule has 0 bridgehead atoms. The van der Waals surface area contributed by atoms with Gasteiger partial charge in [-0.15, -0.1) is 0 Å². The van der Waals surface area contributed by atoms with Gasteiger partial charge in [0.15, 0.2) is 11.9 Å². The minimum atomic E-state index is -3.39. The Balaban J connectivity index is 1.55. The Bertz CT molecular complexity index is 793. The van der Waals surface area contributed by atoms with E-state index in [1.807, 2.05) is 0 Å². The number of carbonyl (C=O) groups is 2. The fourth-order valence-electron chi connectivity index (χ4n) is 3.01. The van der Waals surface area contributed by atoms with E-state index in [2.05, 4.69) is 10.0 Å². The van der Waals surface area contributed by atoms with Crippen LogP contribution in [0.25, 0.3) is 0 Å². The summed E-state index contributed by atoms with van der Waals surface area (Å²) in [4.78, 5) is 23.3. The molecular formula is C16H20N2O7S. The van der Waals surface area contributed by atoms with Gasteiger partial charge in [-0.3, -0.25) is 10.1 Å². The molecule has 0 radical (unpaired) electrons. The second-order valence-corrected chi connectivity index (χ2v) is 8.07. The molecule has 2 heterocycles. The third kappa shape index (κ3) is 4.39. The third-order valence-corrected chi connectivity index (χ3v) is 4.90. The van der Waals surface area contributed by atoms with E-state index in [0.717, 1.165) is 6.26 Å². The molecule has 1 aromatic rings. The lowest BCUT2D eigenvalue weighted by Crippen LogP contribution is -2.44. The first-order valence-electron chi connectivity index (χ1n) is 8.02. The number of hydrogen-bond donors (Lipinski definition) is 2. The smallest absolute Gasteiger partial charge is 0.412 e. The lowest BCUT2D eigenvalue weighted by Gasteiger charge is -2.17. The summed E-state index contributed by atoms with van der Waals surface area (Å²) >= 11 is 0. The number of Topliss-reactive ketones (excluding diaryl/α,β-unsaturated/α-hetero) is 1. The summed E-state index contributed by atoms with van der Waals surface area (Å²) in [5.74, 6) is -0.0658. The van der Waals surface area contributed by atoms with Gasteiger partial charge in [-0.1, -0.05) is 0 Å². The van der Waals surface area contributed by atoms with Crippen LogP contribution < -0.4 is 10.0 Å². The van der Waals surface area contributed by atoms with Crippen LogP contribution in [0.4, 0.5) is 10.5 Å². The molecule has 0 aliphatic carbocycles. The van der Waals surface area contributed by atoms with Crippen molar-refractivity contribution in [2.75, 3.05) is 24.8 Å². The molecule has 142 valence electrons. The first-order chi connectivity index (χ1) is 12.2. The molecule has 0 aromatic heterocycles. The molecule has 2 N–H and O–H groups in total. The maximum atomic E-state index is 12.1. The molecule has 1 amide bonds. The lowest BCUT2D eigenvalue weighted by molar-refractivity contribution is 0.00884. The average Bonchev–Trinajstić information content (AvgIpc) is 3.10. The maximum Gasteiger partial charge on any atom is 0.412 e. The van der Waals surface area contributed by atoms with Crippen LogP contribution in [0.5, 0.6) is 0 Å². The molecule has 9 nitrogen and oxygen atoms in total. The van der Waals surface area contributed by atoms with Crippen molar-refractivity contribution in [3.05, 3.63) is 29.8 Å². The second kappa shape index (κ2) is 7.31. The second-order valence-electron chi connectivity index (χ2n) is 6.29. The fourth-order valence-corrected chi connectivity index (χ4v) is 3.77. The van der Waals surface area contributed by atoms with Crippen molar-refractivity contribution in [1.29, 1.82) is 0 Å². The standard InChI is InChI=1S/C16H20N2O7S/c1-9(19)10-3-5-11(6-4-10)17-16(20)25-13-8-24-14-12(7-23-15(13)14)18-26(2,21)22/h3-6,12-15,18H,7-8H2,1-2H3,(H,17,20)/t12-,13+,14+,15+/m0/s1. The van der Waals surface area contributed by atoms with E-state index in [0.29, 0.717) is 11.3 Å². The fraction of sp³-hybridized carbons (Fsp3) is 0.500. The van der Waals surface area contributed by atoms with Crippen LogP contribution in [0.3, 0.4) is 0 Å². The van der Waals surface area contributed by atoms with E-state index in [1.165, 1.54) is 6.92 Å². The van der Waals surface area contributed by atoms with Crippen LogP contribution >= 0.6 is 0 Å². The summed E-state index contributed by atoms with van der Waals surface area (Å²) < 4.78 is 41.6. The molecule has 26 heavy (non-hydrogen) atoms. The Kier molecular flexibility index (Phi) is 5.28. The molecule has 10 heteroatoms. The van der Waals surface area contributed by atoms with Gasteiger partial charge in [0.1, 0.15) is 12.2 Å². The molecule has 0 saturated carbocycles. The highest BCUT2D eigenvalue weighted by Gasteiger charge is 2.50. The average molecular weight is 384 g/mol. The van der Waals surface area contributed by atoms with Crippen molar-refractivity contribution >= 4 is 27.6 Å². The van der Waals surface area contributed by atoms with Crippen LogP contribution in [-0.2, 0) is 24.2 Å². The summed E-state index contributed by atoms with van der Waals surface area (Å²) in [7, 11) is -3.39. The molecular weight excluding hydrogens is 364 g/mol. The number of amides is 1. The van der Waals surface area contributed by atoms with E-state index >= 15 is 0 Å². The van der Waals surface area contributed by atoms with Crippen molar-refractivity contribution in [1.82, 2.24) is 4.72 Å². The lowest BCUT2D eigenvalue weighted by atomic mass is 10.1. The van der Waals surface area contributed by atoms with Crippen molar-refractivity contribution in [2.24, 2.45) is 0 Å². The molecule has 2 fully saturated rings. The number of fused-ring (bicyclic) bond motifs is 1. The predicted molar refractivity (Wildman–Crippen MR) is 91.6 cm³/mol. The van der Waals surface area contributed by atoms with Crippen LogP contribution in [0.1, 0.15) is 17.3 Å². The molecule has 2 aliphatic heterocycles. The van der Waals surface area contributed by atoms with Crippen molar-refractivity contribution in [2.45, 2.75) is 31.3 Å². The van der Waals surface area contributed by atoms with E-state index in [-0.39, 0.29) is 19.0 Å². The number of anilines is 1. The zero-order valence-electron chi connectivity index (χ0n) is 14.3. The summed E-state index contributed by atoms with van der Waals surface area (Å²) in [6, 6.07) is 5.90. The normalized spacial score (nSPS) is 27.8. The van der Waals surface area contributed by atoms with Gasteiger partial charge in [-0.05, 0) is 31.2 Å².